The molecule has 1 aromatic heterocycles. The molecule has 0 spiro atoms. The van der Waals surface area contributed by atoms with Crippen LogP contribution in [0.3, 0.4) is 0 Å². The average Bonchev–Trinajstić information content (AvgIpc) is 3.24. The van der Waals surface area contributed by atoms with Crippen LogP contribution in [0.1, 0.15) is 42.7 Å². The van der Waals surface area contributed by atoms with Crippen molar-refractivity contribution in [3.05, 3.63) is 41.6 Å². The molecular formula is C20H21F6N3O5. The van der Waals surface area contributed by atoms with Crippen molar-refractivity contribution in [3.63, 3.8) is 0 Å². The Morgan fingerprint density at radius 3 is 2.44 bits per heavy atom. The molecule has 1 saturated heterocycles. The highest BCUT2D eigenvalue weighted by Gasteiger charge is 2.31. The summed E-state index contributed by atoms with van der Waals surface area (Å²) < 4.78 is 93.5. The number of carbonyl (C=O) groups is 1. The van der Waals surface area contributed by atoms with Crippen molar-refractivity contribution >= 4 is 5.91 Å². The lowest BCUT2D eigenvalue weighted by atomic mass is 10.0. The van der Waals surface area contributed by atoms with Gasteiger partial charge in [-0.1, -0.05) is 0 Å². The zero-order valence-corrected chi connectivity index (χ0v) is 17.6. The van der Waals surface area contributed by atoms with Crippen LogP contribution in [0.4, 0.5) is 26.3 Å². The number of rotatable bonds is 9. The fraction of sp³-hybridized carbons (Fsp3) is 0.550. The summed E-state index contributed by atoms with van der Waals surface area (Å²) in [4.78, 5) is 12.1. The molecule has 8 nitrogen and oxygen atoms in total. The third-order valence-corrected chi connectivity index (χ3v) is 4.75. The molecule has 1 aliphatic heterocycles. The van der Waals surface area contributed by atoms with E-state index in [0.29, 0.717) is 12.8 Å². The summed E-state index contributed by atoms with van der Waals surface area (Å²) in [6.45, 7) is -0.755. The number of alkyl halides is 6. The fourth-order valence-electron chi connectivity index (χ4n) is 3.13. The Hall–Kier alpha value is -2.87. The Kier molecular flexibility index (Phi) is 8.36. The van der Waals surface area contributed by atoms with Gasteiger partial charge in [0.05, 0.1) is 24.8 Å². The number of nitrogens with one attached hydrogen (secondary N) is 1. The molecule has 34 heavy (non-hydrogen) atoms. The molecule has 1 amide bonds. The monoisotopic (exact) mass is 497 g/mol. The number of aromatic nitrogens is 2. The summed E-state index contributed by atoms with van der Waals surface area (Å²) >= 11 is 0. The third-order valence-electron chi connectivity index (χ3n) is 4.75. The van der Waals surface area contributed by atoms with Gasteiger partial charge in [0.25, 0.3) is 5.91 Å². The van der Waals surface area contributed by atoms with E-state index in [4.69, 9.17) is 13.9 Å². The van der Waals surface area contributed by atoms with Crippen LogP contribution in [0.25, 0.3) is 0 Å². The Bertz CT molecular complexity index is 924. The lowest BCUT2D eigenvalue weighted by molar-refractivity contribution is -0.324. The maximum absolute atomic E-state index is 12.6. The number of benzene rings is 1. The van der Waals surface area contributed by atoms with Crippen molar-refractivity contribution in [3.8, 4) is 5.75 Å². The lowest BCUT2D eigenvalue weighted by Crippen LogP contribution is -2.43. The molecule has 1 aromatic carbocycles. The molecule has 0 bridgehead atoms. The van der Waals surface area contributed by atoms with E-state index in [9.17, 15) is 31.1 Å². The zero-order valence-electron chi connectivity index (χ0n) is 17.6. The molecule has 2 aromatic rings. The molecular weight excluding hydrogens is 476 g/mol. The topological polar surface area (TPSA) is 95.7 Å². The Balaban J connectivity index is 1.35. The molecule has 0 unspecified atom stereocenters. The van der Waals surface area contributed by atoms with Gasteiger partial charge < -0.3 is 19.2 Å². The first-order valence-electron chi connectivity index (χ1n) is 10.2. The number of nitrogens with zero attached hydrogens (tertiary/aromatic N) is 2. The van der Waals surface area contributed by atoms with Gasteiger partial charge in [0, 0.05) is 6.42 Å². The second-order valence-corrected chi connectivity index (χ2v) is 7.41. The number of hydrogen-bond acceptors (Lipinski definition) is 7. The van der Waals surface area contributed by atoms with Crippen LogP contribution in [-0.2, 0) is 26.9 Å². The van der Waals surface area contributed by atoms with Gasteiger partial charge in [-0.15, -0.1) is 23.4 Å². The molecule has 3 rings (SSSR count). The first kappa shape index (κ1) is 25.7. The molecule has 14 heteroatoms. The Labute approximate surface area is 189 Å². The SMILES string of the molecule is O=C(COc1ccc(C(F)(F)F)cc1)N[C@H]1CC[C@H](c2nnc(CCCOC(F)(F)F)o2)OC1. The minimum Gasteiger partial charge on any atom is -0.484 e. The molecule has 1 aliphatic rings. The van der Waals surface area contributed by atoms with Crippen LogP contribution in [-0.4, -0.2) is 48.3 Å². The summed E-state index contributed by atoms with van der Waals surface area (Å²) in [5.74, 6) is 0.0238. The first-order valence-corrected chi connectivity index (χ1v) is 10.2. The largest absolute Gasteiger partial charge is 0.522 e. The second kappa shape index (κ2) is 11.0. The van der Waals surface area contributed by atoms with Crippen molar-refractivity contribution < 1.29 is 49.8 Å². The summed E-state index contributed by atoms with van der Waals surface area (Å²) in [5.41, 5.74) is -0.818. The lowest BCUT2D eigenvalue weighted by Gasteiger charge is -2.27. The van der Waals surface area contributed by atoms with Gasteiger partial charge in [-0.25, -0.2) is 0 Å². The third kappa shape index (κ3) is 8.17. The van der Waals surface area contributed by atoms with Crippen molar-refractivity contribution in [1.82, 2.24) is 15.5 Å². The Morgan fingerprint density at radius 2 is 1.82 bits per heavy atom. The van der Waals surface area contributed by atoms with Crippen molar-refractivity contribution in [2.45, 2.75) is 50.4 Å². The molecule has 2 atom stereocenters. The summed E-state index contributed by atoms with van der Waals surface area (Å²) in [7, 11) is 0. The second-order valence-electron chi connectivity index (χ2n) is 7.41. The van der Waals surface area contributed by atoms with E-state index in [1.54, 1.807) is 0 Å². The van der Waals surface area contributed by atoms with Crippen molar-refractivity contribution in [1.29, 1.82) is 0 Å². The van der Waals surface area contributed by atoms with Crippen LogP contribution in [0, 0.1) is 0 Å². The first-order chi connectivity index (χ1) is 16.0. The zero-order chi connectivity index (χ0) is 24.8. The predicted molar refractivity (Wildman–Crippen MR) is 101 cm³/mol. The minimum atomic E-state index is -4.68. The molecule has 0 radical (unpaired) electrons. The highest BCUT2D eigenvalue weighted by molar-refractivity contribution is 5.77. The average molecular weight is 497 g/mol. The van der Waals surface area contributed by atoms with Crippen LogP contribution in [0.5, 0.6) is 5.75 Å². The number of hydrogen-bond donors (Lipinski definition) is 1. The van der Waals surface area contributed by atoms with Crippen LogP contribution in [0.15, 0.2) is 28.7 Å². The fourth-order valence-corrected chi connectivity index (χ4v) is 3.13. The van der Waals surface area contributed by atoms with Crippen molar-refractivity contribution in [2.24, 2.45) is 0 Å². The standard InChI is InChI=1S/C20H21F6N3O5/c21-19(22,23)12-3-6-14(7-4-12)31-11-16(30)27-13-5-8-15(32-10-13)18-29-28-17(34-18)2-1-9-33-20(24,25)26/h3-4,6-7,13,15H,1-2,5,8-11H2,(H,27,30)/t13-,15+/m0/s1. The summed E-state index contributed by atoms with van der Waals surface area (Å²) in [5, 5.41) is 10.3. The van der Waals surface area contributed by atoms with E-state index in [1.807, 2.05) is 0 Å². The predicted octanol–water partition coefficient (Wildman–Crippen LogP) is 3.97. The van der Waals surface area contributed by atoms with Crippen LogP contribution >= 0.6 is 0 Å². The van der Waals surface area contributed by atoms with Gasteiger partial charge in [-0.3, -0.25) is 9.53 Å². The van der Waals surface area contributed by atoms with E-state index >= 15 is 0 Å². The van der Waals surface area contributed by atoms with Crippen molar-refractivity contribution in [2.75, 3.05) is 19.8 Å². The number of carbonyl (C=O) groups excluding carboxylic acids is 1. The van der Waals surface area contributed by atoms with E-state index in [-0.39, 0.29) is 49.6 Å². The summed E-state index contributed by atoms with van der Waals surface area (Å²) in [6, 6.07) is 3.67. The highest BCUT2D eigenvalue weighted by Crippen LogP contribution is 2.30. The Morgan fingerprint density at radius 1 is 1.09 bits per heavy atom. The molecule has 0 saturated carbocycles. The van der Waals surface area contributed by atoms with E-state index in [1.165, 1.54) is 0 Å². The van der Waals surface area contributed by atoms with Crippen LogP contribution in [0.2, 0.25) is 0 Å². The summed E-state index contributed by atoms with van der Waals surface area (Å²) in [6.07, 6.45) is -8.51. The quantitative estimate of drug-likeness (QED) is 0.414. The van der Waals surface area contributed by atoms with Gasteiger partial charge in [-0.2, -0.15) is 13.2 Å². The van der Waals surface area contributed by atoms with E-state index in [0.717, 1.165) is 24.3 Å². The van der Waals surface area contributed by atoms with Gasteiger partial charge in [0.1, 0.15) is 11.9 Å². The number of aryl methyl sites for hydroxylation is 1. The molecule has 2 heterocycles. The molecule has 1 N–H and O–H groups in total. The molecule has 188 valence electrons. The maximum Gasteiger partial charge on any atom is 0.522 e. The number of amides is 1. The van der Waals surface area contributed by atoms with Gasteiger partial charge in [0.2, 0.25) is 11.8 Å². The highest BCUT2D eigenvalue weighted by atomic mass is 19.4. The smallest absolute Gasteiger partial charge is 0.484 e. The molecule has 1 fully saturated rings. The van der Waals surface area contributed by atoms with E-state index in [2.05, 4.69) is 20.3 Å². The van der Waals surface area contributed by atoms with Gasteiger partial charge in [-0.05, 0) is 43.5 Å². The molecule has 0 aliphatic carbocycles. The maximum atomic E-state index is 12.6. The van der Waals surface area contributed by atoms with Gasteiger partial charge >= 0.3 is 12.5 Å². The number of ether oxygens (including phenoxy) is 3. The minimum absolute atomic E-state index is 0.0509. The van der Waals surface area contributed by atoms with Gasteiger partial charge in [0.15, 0.2) is 6.61 Å². The number of halogens is 6. The van der Waals surface area contributed by atoms with Crippen LogP contribution < -0.4 is 10.1 Å². The van der Waals surface area contributed by atoms with E-state index < -0.39 is 36.7 Å². The normalized spacial score (nSPS) is 19.1.